The zero-order valence-electron chi connectivity index (χ0n) is 17.2. The van der Waals surface area contributed by atoms with E-state index in [1.54, 1.807) is 7.11 Å². The molecule has 30 heavy (non-hydrogen) atoms. The third-order valence-corrected chi connectivity index (χ3v) is 6.36. The third kappa shape index (κ3) is 3.08. The Labute approximate surface area is 177 Å². The molecule has 2 atom stereocenters. The van der Waals surface area contributed by atoms with Crippen LogP contribution in [0.4, 0.5) is 5.69 Å². The van der Waals surface area contributed by atoms with Crippen LogP contribution >= 0.6 is 0 Å². The first-order chi connectivity index (χ1) is 14.7. The normalized spacial score (nSPS) is 23.4. The molecule has 0 amide bonds. The number of ether oxygens (including phenoxy) is 1. The largest absolute Gasteiger partial charge is 0.497 e. The molecule has 152 valence electrons. The highest BCUT2D eigenvalue weighted by atomic mass is 16.5. The quantitative estimate of drug-likeness (QED) is 0.646. The Balaban J connectivity index is 1.65. The summed E-state index contributed by atoms with van der Waals surface area (Å²) >= 11 is 0. The standard InChI is InChI=1S/C26H27N2O2/c1-30-23-17-15-22(16-18-23)28-25-14-8-13-24(20-9-4-2-5-10-20)27(25)19-26(28,29)21-11-6-3-7-12-21/h2-7,9-12,15-18,24,29H,8,13-14,19H2,1H3/q+1/t24-,26+/m1/s1. The van der Waals surface area contributed by atoms with Gasteiger partial charge in [-0.1, -0.05) is 60.7 Å². The lowest BCUT2D eigenvalue weighted by molar-refractivity contribution is -0.582. The number of hydrogen-bond donors (Lipinski definition) is 1. The lowest BCUT2D eigenvalue weighted by Gasteiger charge is -2.29. The van der Waals surface area contributed by atoms with Gasteiger partial charge in [0.2, 0.25) is 0 Å². The fourth-order valence-electron chi connectivity index (χ4n) is 4.94. The van der Waals surface area contributed by atoms with E-state index in [1.807, 2.05) is 54.6 Å². The van der Waals surface area contributed by atoms with Gasteiger partial charge in [-0.15, -0.1) is 0 Å². The van der Waals surface area contributed by atoms with Gasteiger partial charge in [-0.2, -0.15) is 4.90 Å². The lowest BCUT2D eigenvalue weighted by atomic mass is 9.97. The maximum Gasteiger partial charge on any atom is 0.275 e. The molecule has 3 aromatic carbocycles. The van der Waals surface area contributed by atoms with E-state index in [9.17, 15) is 5.11 Å². The van der Waals surface area contributed by atoms with Crippen LogP contribution in [-0.4, -0.2) is 29.2 Å². The summed E-state index contributed by atoms with van der Waals surface area (Å²) in [6, 6.07) is 29.0. The van der Waals surface area contributed by atoms with Crippen molar-refractivity contribution >= 4 is 11.5 Å². The Kier molecular flexibility index (Phi) is 4.80. The van der Waals surface area contributed by atoms with Crippen LogP contribution in [0.1, 0.15) is 36.4 Å². The first-order valence-corrected chi connectivity index (χ1v) is 10.6. The van der Waals surface area contributed by atoms with E-state index in [0.29, 0.717) is 6.54 Å². The van der Waals surface area contributed by atoms with Gasteiger partial charge in [0.1, 0.15) is 17.5 Å². The van der Waals surface area contributed by atoms with Crippen LogP contribution in [0.15, 0.2) is 84.9 Å². The van der Waals surface area contributed by atoms with E-state index in [2.05, 4.69) is 39.8 Å². The maximum atomic E-state index is 12.1. The molecular formula is C26H27N2O2+. The van der Waals surface area contributed by atoms with Crippen LogP contribution in [0.25, 0.3) is 0 Å². The third-order valence-electron chi connectivity index (χ3n) is 6.36. The minimum atomic E-state index is -1.12. The number of benzene rings is 3. The average Bonchev–Trinajstić information content (AvgIpc) is 3.13. The Bertz CT molecular complexity index is 1050. The monoisotopic (exact) mass is 399 g/mol. The van der Waals surface area contributed by atoms with Gasteiger partial charge >= 0.3 is 0 Å². The molecular weight excluding hydrogens is 372 g/mol. The van der Waals surface area contributed by atoms with Crippen LogP contribution < -0.4 is 9.64 Å². The minimum absolute atomic E-state index is 0.272. The SMILES string of the molecule is COc1ccc(N2C3=[N+](C[C@]2(O)c2ccccc2)[C@@H](c2ccccc2)CCC3)cc1. The maximum absolute atomic E-state index is 12.1. The summed E-state index contributed by atoms with van der Waals surface area (Å²) in [5.74, 6) is 2.00. The molecule has 0 unspecified atom stereocenters. The molecule has 0 saturated heterocycles. The first-order valence-electron chi connectivity index (χ1n) is 10.6. The van der Waals surface area contributed by atoms with Crippen molar-refractivity contribution < 1.29 is 14.4 Å². The van der Waals surface area contributed by atoms with Crippen molar-refractivity contribution in [3.8, 4) is 5.75 Å². The van der Waals surface area contributed by atoms with Crippen LogP contribution in [0, 0.1) is 0 Å². The van der Waals surface area contributed by atoms with Gasteiger partial charge in [0, 0.05) is 12.0 Å². The Morgan fingerprint density at radius 3 is 2.27 bits per heavy atom. The molecule has 1 N–H and O–H groups in total. The second-order valence-electron chi connectivity index (χ2n) is 8.08. The van der Waals surface area contributed by atoms with Crippen LogP contribution in [-0.2, 0) is 5.72 Å². The summed E-state index contributed by atoms with van der Waals surface area (Å²) in [5.41, 5.74) is 2.08. The zero-order chi connectivity index (χ0) is 20.6. The summed E-state index contributed by atoms with van der Waals surface area (Å²) in [6.45, 7) is 0.540. The minimum Gasteiger partial charge on any atom is -0.497 e. The highest BCUT2D eigenvalue weighted by molar-refractivity contribution is 5.97. The van der Waals surface area contributed by atoms with Crippen LogP contribution in [0.3, 0.4) is 0 Å². The molecule has 0 bridgehead atoms. The summed E-state index contributed by atoms with van der Waals surface area (Å²) in [5, 5.41) is 12.1. The second kappa shape index (κ2) is 7.62. The van der Waals surface area contributed by atoms with Gasteiger partial charge in [-0.25, -0.2) is 0 Å². The Hall–Kier alpha value is -3.11. The second-order valence-corrected chi connectivity index (χ2v) is 8.08. The molecule has 4 heteroatoms. The highest BCUT2D eigenvalue weighted by Gasteiger charge is 2.56. The molecule has 0 spiro atoms. The molecule has 0 aliphatic carbocycles. The fraction of sp³-hybridized carbons (Fsp3) is 0.269. The van der Waals surface area contributed by atoms with Crippen LogP contribution in [0.5, 0.6) is 5.75 Å². The molecule has 3 aromatic rings. The van der Waals surface area contributed by atoms with E-state index >= 15 is 0 Å². The fourth-order valence-corrected chi connectivity index (χ4v) is 4.94. The van der Waals surface area contributed by atoms with Crippen LogP contribution in [0.2, 0.25) is 0 Å². The summed E-state index contributed by atoms with van der Waals surface area (Å²) in [6.07, 6.45) is 3.14. The van der Waals surface area contributed by atoms with Gasteiger partial charge in [-0.3, -0.25) is 4.58 Å². The average molecular weight is 400 g/mol. The molecule has 2 heterocycles. The molecule has 5 rings (SSSR count). The Morgan fingerprint density at radius 1 is 0.933 bits per heavy atom. The number of anilines is 1. The molecule has 0 fully saturated rings. The predicted molar refractivity (Wildman–Crippen MR) is 119 cm³/mol. The van der Waals surface area contributed by atoms with Crippen molar-refractivity contribution in [2.45, 2.75) is 31.0 Å². The number of rotatable bonds is 4. The molecule has 0 aromatic heterocycles. The van der Waals surface area contributed by atoms with Gasteiger partial charge < -0.3 is 9.84 Å². The number of nitrogens with zero attached hydrogens (tertiary/aromatic N) is 2. The predicted octanol–water partition coefficient (Wildman–Crippen LogP) is 4.70. The number of hydrogen-bond acceptors (Lipinski definition) is 3. The van der Waals surface area contributed by atoms with Crippen molar-refractivity contribution in [2.75, 3.05) is 18.6 Å². The topological polar surface area (TPSA) is 35.7 Å². The lowest BCUT2D eigenvalue weighted by Crippen LogP contribution is -2.47. The van der Waals surface area contributed by atoms with Gasteiger partial charge in [0.05, 0.1) is 7.11 Å². The number of aliphatic hydroxyl groups is 1. The van der Waals surface area contributed by atoms with E-state index in [1.165, 1.54) is 11.4 Å². The van der Waals surface area contributed by atoms with Crippen molar-refractivity contribution in [1.29, 1.82) is 0 Å². The van der Waals surface area contributed by atoms with Crippen molar-refractivity contribution in [3.05, 3.63) is 96.1 Å². The zero-order valence-corrected chi connectivity index (χ0v) is 17.2. The van der Waals surface area contributed by atoms with Gasteiger partial charge in [0.25, 0.3) is 11.6 Å². The molecule has 2 aliphatic rings. The number of amidine groups is 1. The highest BCUT2D eigenvalue weighted by Crippen LogP contribution is 2.42. The summed E-state index contributed by atoms with van der Waals surface area (Å²) in [4.78, 5) is 2.14. The van der Waals surface area contributed by atoms with Crippen molar-refractivity contribution in [1.82, 2.24) is 0 Å². The van der Waals surface area contributed by atoms with E-state index < -0.39 is 5.72 Å². The molecule has 2 aliphatic heterocycles. The molecule has 0 radical (unpaired) electrons. The van der Waals surface area contributed by atoms with Crippen molar-refractivity contribution in [3.63, 3.8) is 0 Å². The van der Waals surface area contributed by atoms with E-state index in [-0.39, 0.29) is 6.04 Å². The molecule has 4 nitrogen and oxygen atoms in total. The molecule has 0 saturated carbocycles. The van der Waals surface area contributed by atoms with E-state index in [4.69, 9.17) is 4.74 Å². The Morgan fingerprint density at radius 2 is 1.60 bits per heavy atom. The van der Waals surface area contributed by atoms with E-state index in [0.717, 1.165) is 36.3 Å². The first kappa shape index (κ1) is 18.9. The number of methoxy groups -OCH3 is 1. The van der Waals surface area contributed by atoms with Gasteiger partial charge in [-0.05, 0) is 42.7 Å². The van der Waals surface area contributed by atoms with Crippen molar-refractivity contribution in [2.24, 2.45) is 0 Å². The summed E-state index contributed by atoms with van der Waals surface area (Å²) in [7, 11) is 1.67. The van der Waals surface area contributed by atoms with Gasteiger partial charge in [0.15, 0.2) is 6.54 Å². The summed E-state index contributed by atoms with van der Waals surface area (Å²) < 4.78 is 7.76. The smallest absolute Gasteiger partial charge is 0.275 e.